The molecule has 1 unspecified atom stereocenters. The van der Waals surface area contributed by atoms with E-state index in [4.69, 9.17) is 4.74 Å². The molecule has 0 aromatic heterocycles. The van der Waals surface area contributed by atoms with Gasteiger partial charge in [-0.05, 0) is 57.5 Å². The van der Waals surface area contributed by atoms with E-state index < -0.39 is 5.60 Å². The van der Waals surface area contributed by atoms with Crippen molar-refractivity contribution in [3.05, 3.63) is 28.8 Å². The molecule has 1 aromatic carbocycles. The van der Waals surface area contributed by atoms with Crippen LogP contribution in [0.3, 0.4) is 0 Å². The Labute approximate surface area is 104 Å². The Bertz CT molecular complexity index is 394. The molecule has 0 aliphatic rings. The molecule has 0 bridgehead atoms. The first-order valence-electron chi connectivity index (χ1n) is 5.86. The van der Waals surface area contributed by atoms with Gasteiger partial charge in [0.15, 0.2) is 0 Å². The van der Waals surface area contributed by atoms with Gasteiger partial charge in [-0.25, -0.2) is 0 Å². The molecule has 0 saturated heterocycles. The molecule has 0 radical (unpaired) electrons. The quantitative estimate of drug-likeness (QED) is 0.844. The monoisotopic (exact) mass is 237 g/mol. The van der Waals surface area contributed by atoms with Crippen LogP contribution in [-0.4, -0.2) is 24.9 Å². The fourth-order valence-electron chi connectivity index (χ4n) is 2.24. The summed E-state index contributed by atoms with van der Waals surface area (Å²) in [7, 11) is 3.54. The predicted octanol–water partition coefficient (Wildman–Crippen LogP) is 2.34. The molecule has 0 aliphatic carbocycles. The minimum absolute atomic E-state index is 0.0906. The Kier molecular flexibility index (Phi) is 4.17. The third-order valence-electron chi connectivity index (χ3n) is 3.31. The number of benzene rings is 1. The van der Waals surface area contributed by atoms with Gasteiger partial charge in [0.25, 0.3) is 0 Å². The van der Waals surface area contributed by atoms with E-state index in [0.29, 0.717) is 0 Å². The normalized spacial score (nSPS) is 13.6. The molecule has 0 fully saturated rings. The summed E-state index contributed by atoms with van der Waals surface area (Å²) in [6, 6.07) is 3.88. The summed E-state index contributed by atoms with van der Waals surface area (Å²) in [5.74, 6) is 0.886. The molecule has 1 rings (SSSR count). The van der Waals surface area contributed by atoms with E-state index >= 15 is 0 Å². The van der Waals surface area contributed by atoms with E-state index in [1.165, 1.54) is 0 Å². The molecule has 0 heterocycles. The fraction of sp³-hybridized carbons (Fsp3) is 0.571. The highest BCUT2D eigenvalue weighted by atomic mass is 16.5. The van der Waals surface area contributed by atoms with Crippen LogP contribution in [0.4, 0.5) is 0 Å². The molecular formula is C14H23NO2. The van der Waals surface area contributed by atoms with Gasteiger partial charge in [-0.1, -0.05) is 6.07 Å². The van der Waals surface area contributed by atoms with Crippen molar-refractivity contribution in [3.8, 4) is 5.75 Å². The van der Waals surface area contributed by atoms with Crippen molar-refractivity contribution in [2.24, 2.45) is 0 Å². The van der Waals surface area contributed by atoms with E-state index in [1.54, 1.807) is 7.11 Å². The van der Waals surface area contributed by atoms with E-state index in [2.05, 4.69) is 12.2 Å². The summed E-state index contributed by atoms with van der Waals surface area (Å²) in [6.45, 7) is 7.72. The van der Waals surface area contributed by atoms with Gasteiger partial charge in [-0.15, -0.1) is 0 Å². The Morgan fingerprint density at radius 2 is 1.82 bits per heavy atom. The molecular weight excluding hydrogens is 214 g/mol. The maximum atomic E-state index is 10.2. The van der Waals surface area contributed by atoms with Crippen molar-refractivity contribution < 1.29 is 9.84 Å². The lowest BCUT2D eigenvalue weighted by atomic mass is 9.87. The highest BCUT2D eigenvalue weighted by Gasteiger charge is 2.28. The molecule has 1 aromatic rings. The number of aliphatic hydroxyl groups is 1. The van der Waals surface area contributed by atoms with Crippen molar-refractivity contribution in [2.75, 3.05) is 14.2 Å². The van der Waals surface area contributed by atoms with Gasteiger partial charge in [-0.3, -0.25) is 0 Å². The number of rotatable bonds is 4. The summed E-state index contributed by atoms with van der Waals surface area (Å²) < 4.78 is 5.30. The molecule has 96 valence electrons. The van der Waals surface area contributed by atoms with Crippen LogP contribution in [0, 0.1) is 13.8 Å². The Morgan fingerprint density at radius 1 is 1.24 bits per heavy atom. The molecule has 17 heavy (non-hydrogen) atoms. The number of likely N-dealkylation sites (N-methyl/N-ethyl adjacent to an activating group) is 1. The third kappa shape index (κ3) is 2.79. The first kappa shape index (κ1) is 14.0. The van der Waals surface area contributed by atoms with Crippen molar-refractivity contribution in [1.29, 1.82) is 0 Å². The average molecular weight is 237 g/mol. The van der Waals surface area contributed by atoms with Crippen LogP contribution in [0.15, 0.2) is 12.1 Å². The predicted molar refractivity (Wildman–Crippen MR) is 70.6 cm³/mol. The number of methoxy groups -OCH3 is 1. The molecule has 3 nitrogen and oxygen atoms in total. The first-order valence-corrected chi connectivity index (χ1v) is 5.86. The largest absolute Gasteiger partial charge is 0.496 e. The summed E-state index contributed by atoms with van der Waals surface area (Å²) in [6.07, 6.45) is 0. The van der Waals surface area contributed by atoms with Crippen LogP contribution in [0.2, 0.25) is 0 Å². The molecule has 0 saturated carbocycles. The van der Waals surface area contributed by atoms with Crippen molar-refractivity contribution in [3.63, 3.8) is 0 Å². The second kappa shape index (κ2) is 5.07. The standard InChI is InChI=1S/C14H23NO2/c1-9-10(2)12(17-6)8-7-11(9)13(15-5)14(3,4)16/h7-8,13,15-16H,1-6H3. The van der Waals surface area contributed by atoms with Gasteiger partial charge >= 0.3 is 0 Å². The van der Waals surface area contributed by atoms with Gasteiger partial charge in [0.1, 0.15) is 5.75 Å². The van der Waals surface area contributed by atoms with Gasteiger partial charge < -0.3 is 15.2 Å². The minimum atomic E-state index is -0.805. The van der Waals surface area contributed by atoms with Crippen molar-refractivity contribution in [2.45, 2.75) is 39.3 Å². The Morgan fingerprint density at radius 3 is 2.24 bits per heavy atom. The summed E-state index contributed by atoms with van der Waals surface area (Å²) in [4.78, 5) is 0. The average Bonchev–Trinajstić information content (AvgIpc) is 2.23. The SMILES string of the molecule is CNC(c1ccc(OC)c(C)c1C)C(C)(C)O. The molecule has 1 atom stereocenters. The topological polar surface area (TPSA) is 41.5 Å². The molecule has 2 N–H and O–H groups in total. The zero-order valence-electron chi connectivity index (χ0n) is 11.6. The van der Waals surface area contributed by atoms with Crippen LogP contribution >= 0.6 is 0 Å². The number of nitrogens with one attached hydrogen (secondary N) is 1. The lowest BCUT2D eigenvalue weighted by Gasteiger charge is -2.31. The molecule has 3 heteroatoms. The first-order chi connectivity index (χ1) is 7.82. The summed E-state index contributed by atoms with van der Waals surface area (Å²) in [5, 5.41) is 13.4. The van der Waals surface area contributed by atoms with Crippen LogP contribution in [0.5, 0.6) is 5.75 Å². The maximum Gasteiger partial charge on any atom is 0.122 e. The van der Waals surface area contributed by atoms with Crippen molar-refractivity contribution >= 4 is 0 Å². The minimum Gasteiger partial charge on any atom is -0.496 e. The lowest BCUT2D eigenvalue weighted by Crippen LogP contribution is -2.37. The van der Waals surface area contributed by atoms with Crippen LogP contribution in [0.25, 0.3) is 0 Å². The van der Waals surface area contributed by atoms with Crippen LogP contribution < -0.4 is 10.1 Å². The van der Waals surface area contributed by atoms with E-state index in [1.807, 2.05) is 40.0 Å². The van der Waals surface area contributed by atoms with Gasteiger partial charge in [-0.2, -0.15) is 0 Å². The van der Waals surface area contributed by atoms with Gasteiger partial charge in [0, 0.05) is 0 Å². The second-order valence-corrected chi connectivity index (χ2v) is 4.98. The van der Waals surface area contributed by atoms with Gasteiger partial charge in [0.2, 0.25) is 0 Å². The van der Waals surface area contributed by atoms with E-state index in [9.17, 15) is 5.11 Å². The van der Waals surface area contributed by atoms with Crippen molar-refractivity contribution in [1.82, 2.24) is 5.32 Å². The number of hydrogen-bond donors (Lipinski definition) is 2. The smallest absolute Gasteiger partial charge is 0.122 e. The second-order valence-electron chi connectivity index (χ2n) is 4.98. The maximum absolute atomic E-state index is 10.2. The van der Waals surface area contributed by atoms with Crippen LogP contribution in [-0.2, 0) is 0 Å². The third-order valence-corrected chi connectivity index (χ3v) is 3.31. The fourth-order valence-corrected chi connectivity index (χ4v) is 2.24. The molecule has 0 spiro atoms. The molecule has 0 amide bonds. The van der Waals surface area contributed by atoms with E-state index in [0.717, 1.165) is 22.4 Å². The highest BCUT2D eigenvalue weighted by molar-refractivity contribution is 5.45. The highest BCUT2D eigenvalue weighted by Crippen LogP contribution is 2.32. The van der Waals surface area contributed by atoms with Crippen LogP contribution in [0.1, 0.15) is 36.6 Å². The lowest BCUT2D eigenvalue weighted by molar-refractivity contribution is 0.0397. The zero-order chi connectivity index (χ0) is 13.2. The number of hydrogen-bond acceptors (Lipinski definition) is 3. The number of ether oxygens (including phenoxy) is 1. The molecule has 0 aliphatic heterocycles. The Hall–Kier alpha value is -1.06. The van der Waals surface area contributed by atoms with E-state index in [-0.39, 0.29) is 6.04 Å². The summed E-state index contributed by atoms with van der Waals surface area (Å²) >= 11 is 0. The zero-order valence-corrected chi connectivity index (χ0v) is 11.6. The van der Waals surface area contributed by atoms with Gasteiger partial charge in [0.05, 0.1) is 18.8 Å². The summed E-state index contributed by atoms with van der Waals surface area (Å²) in [5.41, 5.74) is 2.58. The Balaban J connectivity index is 3.27.